The van der Waals surface area contributed by atoms with E-state index in [2.05, 4.69) is 0 Å². The van der Waals surface area contributed by atoms with Crippen LogP contribution in [-0.2, 0) is 20.2 Å². The molecule has 0 heterocycles. The molecule has 2 rings (SSSR count). The Hall–Kier alpha value is 0.520. The molecule has 96 valence electrons. The molecule has 0 aromatic heterocycles. The fourth-order valence-corrected chi connectivity index (χ4v) is 2.93. The minimum atomic E-state index is -4.87. The van der Waals surface area contributed by atoms with E-state index in [1.807, 2.05) is 0 Å². The first-order valence-electron chi connectivity index (χ1n) is 4.64. The molecule has 0 aliphatic carbocycles. The van der Waals surface area contributed by atoms with Gasteiger partial charge in [0.15, 0.2) is 0 Å². The third kappa shape index (κ3) is 4.51. The van der Waals surface area contributed by atoms with Gasteiger partial charge in [-0.3, -0.25) is 0 Å². The molecule has 10 heteroatoms. The van der Waals surface area contributed by atoms with Crippen molar-refractivity contribution in [3.8, 4) is 0 Å². The van der Waals surface area contributed by atoms with Gasteiger partial charge in [-0.15, -0.1) is 0 Å². The number of hydrogen-bond donors (Lipinski definition) is 0. The summed E-state index contributed by atoms with van der Waals surface area (Å²) in [5.74, 6) is 0. The van der Waals surface area contributed by atoms with E-state index in [-0.39, 0.29) is 69.9 Å². The molecule has 0 radical (unpaired) electrons. The Morgan fingerprint density at radius 3 is 1.85 bits per heavy atom. The second-order valence-corrected chi connectivity index (χ2v) is 6.28. The second kappa shape index (κ2) is 7.19. The Labute approximate surface area is 160 Å². The van der Waals surface area contributed by atoms with Gasteiger partial charge in [0.2, 0.25) is 0 Å². The first kappa shape index (κ1) is 20.5. The zero-order valence-electron chi connectivity index (χ0n) is 10.7. The molecule has 20 heavy (non-hydrogen) atoms. The Bertz CT molecular complexity index is 830. The fraction of sp³-hybridized carbons (Fsp3) is 0. The monoisotopic (exact) mass is 332 g/mol. The van der Waals surface area contributed by atoms with Gasteiger partial charge in [0.25, 0.3) is 0 Å². The van der Waals surface area contributed by atoms with Crippen LogP contribution in [0.15, 0.2) is 46.2 Å². The van der Waals surface area contributed by atoms with Crippen molar-refractivity contribution >= 4 is 31.0 Å². The third-order valence-corrected chi connectivity index (χ3v) is 4.04. The van der Waals surface area contributed by atoms with E-state index in [9.17, 15) is 25.9 Å². The van der Waals surface area contributed by atoms with Gasteiger partial charge in [-0.05, 0) is 22.9 Å². The number of hydrogen-bond acceptors (Lipinski definition) is 6. The Balaban J connectivity index is 0.00000180. The van der Waals surface area contributed by atoms with Gasteiger partial charge in [-0.1, -0.05) is 24.3 Å². The van der Waals surface area contributed by atoms with Crippen molar-refractivity contribution in [2.75, 3.05) is 0 Å². The van der Waals surface area contributed by atoms with Gasteiger partial charge in [-0.25, -0.2) is 16.8 Å². The van der Waals surface area contributed by atoms with Crippen LogP contribution in [0.5, 0.6) is 0 Å². The molecule has 0 saturated carbocycles. The molecule has 0 aliphatic heterocycles. The van der Waals surface area contributed by atoms with Crippen LogP contribution in [0, 0.1) is 0 Å². The summed E-state index contributed by atoms with van der Waals surface area (Å²) in [6, 6.07) is 7.44. The molecule has 2 aromatic carbocycles. The Morgan fingerprint density at radius 2 is 1.35 bits per heavy atom. The Morgan fingerprint density at radius 1 is 0.800 bits per heavy atom. The molecule has 0 amide bonds. The smallest absolute Gasteiger partial charge is 0.744 e. The average Bonchev–Trinajstić information content (AvgIpc) is 2.25. The average molecular weight is 332 g/mol. The second-order valence-electron chi connectivity index (χ2n) is 3.55. The van der Waals surface area contributed by atoms with Gasteiger partial charge in [0.1, 0.15) is 20.2 Å². The van der Waals surface area contributed by atoms with E-state index < -0.39 is 30.0 Å². The first-order valence-corrected chi connectivity index (χ1v) is 7.46. The molecular weight excluding hydrogens is 326 g/mol. The molecule has 0 fully saturated rings. The summed E-state index contributed by atoms with van der Waals surface area (Å²) in [5, 5.41) is 0.281. The van der Waals surface area contributed by atoms with E-state index in [0.717, 1.165) is 6.07 Å². The van der Waals surface area contributed by atoms with Crippen molar-refractivity contribution in [3.63, 3.8) is 0 Å². The van der Waals surface area contributed by atoms with Crippen LogP contribution < -0.4 is 59.1 Å². The van der Waals surface area contributed by atoms with Crippen molar-refractivity contribution in [2.24, 2.45) is 0 Å². The normalized spacial score (nSPS) is 11.5. The Kier molecular flexibility index (Phi) is 7.37. The van der Waals surface area contributed by atoms with Gasteiger partial charge >= 0.3 is 59.1 Å². The summed E-state index contributed by atoms with van der Waals surface area (Å²) >= 11 is 0. The van der Waals surface area contributed by atoms with Crippen molar-refractivity contribution in [1.82, 2.24) is 0 Å². The van der Waals surface area contributed by atoms with Crippen LogP contribution in [0.4, 0.5) is 0 Å². The molecule has 6 nitrogen and oxygen atoms in total. The SMILES string of the molecule is O=S(=O)([O-])c1cc(S(=O)(=O)[O-])c2ccccc2c1.[Na+].[Na+]. The summed E-state index contributed by atoms with van der Waals surface area (Å²) in [6.45, 7) is 0. The largest absolute Gasteiger partial charge is 1.00 e. The molecule has 0 bridgehead atoms. The fourth-order valence-electron chi connectivity index (χ4n) is 1.60. The van der Waals surface area contributed by atoms with Crippen LogP contribution in [-0.4, -0.2) is 25.9 Å². The van der Waals surface area contributed by atoms with E-state index >= 15 is 0 Å². The molecular formula is C10H6Na2O6S2. The molecule has 0 N–H and O–H groups in total. The van der Waals surface area contributed by atoms with Crippen LogP contribution >= 0.6 is 0 Å². The van der Waals surface area contributed by atoms with E-state index in [0.29, 0.717) is 6.07 Å². The molecule has 0 aliphatic rings. The summed E-state index contributed by atoms with van der Waals surface area (Å²) in [7, 11) is -9.70. The third-order valence-electron chi connectivity index (χ3n) is 2.36. The van der Waals surface area contributed by atoms with Crippen LogP contribution in [0.2, 0.25) is 0 Å². The summed E-state index contributed by atoms with van der Waals surface area (Å²) in [6.07, 6.45) is 0. The molecule has 0 atom stereocenters. The van der Waals surface area contributed by atoms with Gasteiger partial charge in [-0.2, -0.15) is 0 Å². The maximum absolute atomic E-state index is 11.1. The van der Waals surface area contributed by atoms with Crippen LogP contribution in [0.25, 0.3) is 10.8 Å². The summed E-state index contributed by atoms with van der Waals surface area (Å²) in [5.41, 5.74) is 0. The van der Waals surface area contributed by atoms with E-state index in [4.69, 9.17) is 0 Å². The summed E-state index contributed by atoms with van der Waals surface area (Å²) in [4.78, 5) is -1.45. The standard InChI is InChI=1S/C10H8O6S2.2Na/c11-17(12,13)8-5-7-3-1-2-4-9(7)10(6-8)18(14,15)16;;/h1-6H,(H,11,12,13)(H,14,15,16);;/q;2*+1/p-2. The minimum Gasteiger partial charge on any atom is -0.744 e. The zero-order valence-corrected chi connectivity index (χ0v) is 16.4. The minimum absolute atomic E-state index is 0. The first-order chi connectivity index (χ1) is 8.19. The summed E-state index contributed by atoms with van der Waals surface area (Å²) < 4.78 is 65.9. The van der Waals surface area contributed by atoms with Crippen molar-refractivity contribution in [3.05, 3.63) is 36.4 Å². The van der Waals surface area contributed by atoms with Gasteiger partial charge < -0.3 is 9.11 Å². The predicted molar refractivity (Wildman–Crippen MR) is 59.9 cm³/mol. The predicted octanol–water partition coefficient (Wildman–Crippen LogP) is -5.34. The van der Waals surface area contributed by atoms with Gasteiger partial charge in [0, 0.05) is 0 Å². The van der Waals surface area contributed by atoms with Crippen LogP contribution in [0.3, 0.4) is 0 Å². The molecule has 0 spiro atoms. The molecule has 2 aromatic rings. The van der Waals surface area contributed by atoms with Crippen molar-refractivity contribution < 1.29 is 85.1 Å². The maximum atomic E-state index is 11.1. The zero-order chi connectivity index (χ0) is 13.6. The number of benzene rings is 2. The number of fused-ring (bicyclic) bond motifs is 1. The number of rotatable bonds is 2. The van der Waals surface area contributed by atoms with Gasteiger partial charge in [0.05, 0.1) is 9.79 Å². The quantitative estimate of drug-likeness (QED) is 0.401. The molecule has 0 saturated heterocycles. The molecule has 0 unspecified atom stereocenters. The van der Waals surface area contributed by atoms with Crippen molar-refractivity contribution in [2.45, 2.75) is 9.79 Å². The maximum Gasteiger partial charge on any atom is 1.00 e. The van der Waals surface area contributed by atoms with E-state index in [1.54, 1.807) is 0 Å². The van der Waals surface area contributed by atoms with Crippen LogP contribution in [0.1, 0.15) is 0 Å². The van der Waals surface area contributed by atoms with Crippen molar-refractivity contribution in [1.29, 1.82) is 0 Å². The van der Waals surface area contributed by atoms with E-state index in [1.165, 1.54) is 24.3 Å². The topological polar surface area (TPSA) is 114 Å².